The molecule has 6 nitrogen and oxygen atoms in total. The van der Waals surface area contributed by atoms with Gasteiger partial charge in [0.05, 0.1) is 16.8 Å². The van der Waals surface area contributed by atoms with Gasteiger partial charge in [0, 0.05) is 44.4 Å². The van der Waals surface area contributed by atoms with Crippen molar-refractivity contribution in [2.24, 2.45) is 0 Å². The molecule has 154 valence electrons. The zero-order valence-corrected chi connectivity index (χ0v) is 17.7. The number of halogens is 1. The number of anilines is 2. The fraction of sp³-hybridized carbons (Fsp3) is 0.364. The topological polar surface area (TPSA) is 61.9 Å². The van der Waals surface area contributed by atoms with Gasteiger partial charge in [-0.25, -0.2) is 0 Å². The number of hydrogen-bond acceptors (Lipinski definition) is 4. The van der Waals surface area contributed by atoms with E-state index in [2.05, 4.69) is 10.2 Å². The summed E-state index contributed by atoms with van der Waals surface area (Å²) < 4.78 is 5.60. The van der Waals surface area contributed by atoms with Gasteiger partial charge in [0.1, 0.15) is 5.75 Å². The molecule has 0 saturated carbocycles. The number of nitrogens with one attached hydrogen (secondary N) is 1. The highest BCUT2D eigenvalue weighted by atomic mass is 35.5. The standard InChI is InChI=1S/C22H26ClN3O3/c1-15(2)29-19-7-4-17(5-8-19)22(28)24-18-6-9-21(20(23)14-18)26-12-10-25(11-13-26)16(3)27/h4-9,14-15H,10-13H2,1-3H3,(H,24,28). The van der Waals surface area contributed by atoms with Crippen LogP contribution >= 0.6 is 11.6 Å². The number of carbonyl (C=O) groups excluding carboxylic acids is 2. The van der Waals surface area contributed by atoms with E-state index in [1.807, 2.05) is 30.9 Å². The summed E-state index contributed by atoms with van der Waals surface area (Å²) in [7, 11) is 0. The van der Waals surface area contributed by atoms with E-state index in [4.69, 9.17) is 16.3 Å². The van der Waals surface area contributed by atoms with Crippen molar-refractivity contribution in [1.82, 2.24) is 4.90 Å². The predicted molar refractivity (Wildman–Crippen MR) is 116 cm³/mol. The van der Waals surface area contributed by atoms with E-state index in [0.29, 0.717) is 29.4 Å². The molecule has 1 aliphatic rings. The van der Waals surface area contributed by atoms with Crippen LogP contribution in [0, 0.1) is 0 Å². The average molecular weight is 416 g/mol. The minimum Gasteiger partial charge on any atom is -0.491 e. The Morgan fingerprint density at radius 3 is 2.24 bits per heavy atom. The zero-order chi connectivity index (χ0) is 21.0. The van der Waals surface area contributed by atoms with Crippen LogP contribution in [0.1, 0.15) is 31.1 Å². The van der Waals surface area contributed by atoms with Crippen LogP contribution in [-0.2, 0) is 4.79 Å². The van der Waals surface area contributed by atoms with E-state index >= 15 is 0 Å². The van der Waals surface area contributed by atoms with Crippen LogP contribution in [0.2, 0.25) is 5.02 Å². The molecule has 0 atom stereocenters. The highest BCUT2D eigenvalue weighted by Gasteiger charge is 2.20. The summed E-state index contributed by atoms with van der Waals surface area (Å²) in [5.41, 5.74) is 2.08. The first-order chi connectivity index (χ1) is 13.8. The molecule has 3 rings (SSSR count). The van der Waals surface area contributed by atoms with Crippen LogP contribution in [0.4, 0.5) is 11.4 Å². The number of piperazine rings is 1. The van der Waals surface area contributed by atoms with Gasteiger partial charge in [-0.3, -0.25) is 9.59 Å². The monoisotopic (exact) mass is 415 g/mol. The van der Waals surface area contributed by atoms with Crippen molar-refractivity contribution >= 4 is 34.8 Å². The number of amides is 2. The van der Waals surface area contributed by atoms with Crippen molar-refractivity contribution in [2.75, 3.05) is 36.4 Å². The first kappa shape index (κ1) is 21.0. The van der Waals surface area contributed by atoms with Gasteiger partial charge in [0.15, 0.2) is 0 Å². The van der Waals surface area contributed by atoms with Crippen LogP contribution in [0.5, 0.6) is 5.75 Å². The molecule has 0 aliphatic carbocycles. The molecule has 0 radical (unpaired) electrons. The summed E-state index contributed by atoms with van der Waals surface area (Å²) in [5, 5.41) is 3.45. The van der Waals surface area contributed by atoms with Gasteiger partial charge in [0.25, 0.3) is 5.91 Å². The lowest BCUT2D eigenvalue weighted by Gasteiger charge is -2.36. The van der Waals surface area contributed by atoms with E-state index in [9.17, 15) is 9.59 Å². The smallest absolute Gasteiger partial charge is 0.255 e. The molecule has 1 saturated heterocycles. The van der Waals surface area contributed by atoms with Crippen molar-refractivity contribution in [2.45, 2.75) is 26.9 Å². The van der Waals surface area contributed by atoms with Gasteiger partial charge in [-0.1, -0.05) is 11.6 Å². The van der Waals surface area contributed by atoms with E-state index in [1.54, 1.807) is 37.3 Å². The molecule has 1 N–H and O–H groups in total. The Kier molecular flexibility index (Phi) is 6.64. The molecule has 0 bridgehead atoms. The maximum atomic E-state index is 12.5. The van der Waals surface area contributed by atoms with Gasteiger partial charge in [-0.15, -0.1) is 0 Å². The van der Waals surface area contributed by atoms with E-state index < -0.39 is 0 Å². The third kappa shape index (κ3) is 5.41. The Labute approximate surface area is 176 Å². The zero-order valence-electron chi connectivity index (χ0n) is 16.9. The second-order valence-corrected chi connectivity index (χ2v) is 7.71. The second-order valence-electron chi connectivity index (χ2n) is 7.30. The molecule has 1 aliphatic heterocycles. The molecular weight excluding hydrogens is 390 g/mol. The number of ether oxygens (including phenoxy) is 1. The number of benzene rings is 2. The summed E-state index contributed by atoms with van der Waals surface area (Å²) in [6, 6.07) is 12.5. The lowest BCUT2D eigenvalue weighted by atomic mass is 10.2. The number of nitrogens with zero attached hydrogens (tertiary/aromatic N) is 2. The molecule has 2 amide bonds. The Bertz CT molecular complexity index is 875. The first-order valence-corrected chi connectivity index (χ1v) is 10.1. The highest BCUT2D eigenvalue weighted by Crippen LogP contribution is 2.30. The van der Waals surface area contributed by atoms with Gasteiger partial charge >= 0.3 is 0 Å². The lowest BCUT2D eigenvalue weighted by Crippen LogP contribution is -2.48. The summed E-state index contributed by atoms with van der Waals surface area (Å²) in [4.78, 5) is 28.0. The van der Waals surface area contributed by atoms with E-state index in [-0.39, 0.29) is 17.9 Å². The van der Waals surface area contributed by atoms with Crippen molar-refractivity contribution < 1.29 is 14.3 Å². The number of rotatable bonds is 5. The average Bonchev–Trinajstić information content (AvgIpc) is 2.68. The largest absolute Gasteiger partial charge is 0.491 e. The summed E-state index contributed by atoms with van der Waals surface area (Å²) in [6.45, 7) is 8.33. The van der Waals surface area contributed by atoms with Gasteiger partial charge < -0.3 is 19.9 Å². The van der Waals surface area contributed by atoms with E-state index in [1.165, 1.54) is 0 Å². The van der Waals surface area contributed by atoms with Crippen molar-refractivity contribution in [3.8, 4) is 5.75 Å². The van der Waals surface area contributed by atoms with Crippen LogP contribution < -0.4 is 15.0 Å². The summed E-state index contributed by atoms with van der Waals surface area (Å²) in [5.74, 6) is 0.617. The molecule has 0 aromatic heterocycles. The van der Waals surface area contributed by atoms with Crippen molar-refractivity contribution in [3.05, 3.63) is 53.1 Å². The third-order valence-corrected chi connectivity index (χ3v) is 5.06. The predicted octanol–water partition coefficient (Wildman–Crippen LogP) is 4.05. The minimum atomic E-state index is -0.208. The van der Waals surface area contributed by atoms with Gasteiger partial charge in [-0.05, 0) is 56.3 Å². The van der Waals surface area contributed by atoms with E-state index in [0.717, 1.165) is 24.5 Å². The summed E-state index contributed by atoms with van der Waals surface area (Å²) in [6.07, 6.45) is 0.0840. The Balaban J connectivity index is 1.63. The molecule has 0 spiro atoms. The first-order valence-electron chi connectivity index (χ1n) is 9.71. The number of carbonyl (C=O) groups is 2. The van der Waals surface area contributed by atoms with Gasteiger partial charge in [-0.2, -0.15) is 0 Å². The molecule has 0 unspecified atom stereocenters. The molecule has 2 aromatic carbocycles. The molecule has 1 fully saturated rings. The van der Waals surface area contributed by atoms with Crippen LogP contribution in [0.3, 0.4) is 0 Å². The molecular formula is C22H26ClN3O3. The third-order valence-electron chi connectivity index (χ3n) is 4.76. The highest BCUT2D eigenvalue weighted by molar-refractivity contribution is 6.33. The normalized spacial score (nSPS) is 14.1. The SMILES string of the molecule is CC(=O)N1CCN(c2ccc(NC(=O)c3ccc(OC(C)C)cc3)cc2Cl)CC1. The minimum absolute atomic E-state index is 0.0840. The molecule has 29 heavy (non-hydrogen) atoms. The number of hydrogen-bond donors (Lipinski definition) is 1. The van der Waals surface area contributed by atoms with Crippen LogP contribution in [-0.4, -0.2) is 49.0 Å². The fourth-order valence-electron chi connectivity index (χ4n) is 3.26. The van der Waals surface area contributed by atoms with Crippen molar-refractivity contribution in [1.29, 1.82) is 0 Å². The Morgan fingerprint density at radius 1 is 1.03 bits per heavy atom. The maximum Gasteiger partial charge on any atom is 0.255 e. The maximum absolute atomic E-state index is 12.5. The lowest BCUT2D eigenvalue weighted by molar-refractivity contribution is -0.129. The quantitative estimate of drug-likeness (QED) is 0.800. The summed E-state index contributed by atoms with van der Waals surface area (Å²) >= 11 is 6.47. The van der Waals surface area contributed by atoms with Crippen molar-refractivity contribution in [3.63, 3.8) is 0 Å². The Morgan fingerprint density at radius 2 is 1.69 bits per heavy atom. The van der Waals surface area contributed by atoms with Crippen LogP contribution in [0.15, 0.2) is 42.5 Å². The van der Waals surface area contributed by atoms with Gasteiger partial charge in [0.2, 0.25) is 5.91 Å². The molecule has 7 heteroatoms. The van der Waals surface area contributed by atoms with Crippen LogP contribution in [0.25, 0.3) is 0 Å². The molecule has 1 heterocycles. The Hall–Kier alpha value is -2.73. The fourth-order valence-corrected chi connectivity index (χ4v) is 3.56. The molecule has 2 aromatic rings. The second kappa shape index (κ2) is 9.18.